The number of nitrogens with zero attached hydrogens (tertiary/aromatic N) is 6. The molecule has 17 heteroatoms. The van der Waals surface area contributed by atoms with Gasteiger partial charge in [0.25, 0.3) is 11.8 Å². The first-order valence-corrected chi connectivity index (χ1v) is 31.1. The molecular formula is C73H77F5N8O4. The summed E-state index contributed by atoms with van der Waals surface area (Å²) in [6, 6.07) is 53.0. The summed E-state index contributed by atoms with van der Waals surface area (Å²) >= 11 is 0. The van der Waals surface area contributed by atoms with E-state index in [0.717, 1.165) is 164 Å². The van der Waals surface area contributed by atoms with E-state index >= 15 is 0 Å². The van der Waals surface area contributed by atoms with Crippen molar-refractivity contribution in [3.63, 3.8) is 0 Å². The number of alkyl halides is 3. The number of anilines is 6. The average Bonchev–Trinajstić information content (AvgIpc) is 1.70. The predicted molar refractivity (Wildman–Crippen MR) is 348 cm³/mol. The van der Waals surface area contributed by atoms with Crippen LogP contribution in [-0.4, -0.2) is 99.3 Å². The van der Waals surface area contributed by atoms with Gasteiger partial charge in [-0.3, -0.25) is 19.4 Å². The number of carbonyl (C=O) groups excluding carboxylic acids is 2. The Morgan fingerprint density at radius 2 is 0.889 bits per heavy atom. The van der Waals surface area contributed by atoms with Crippen LogP contribution < -0.4 is 39.7 Å². The number of benzene rings is 8. The highest BCUT2D eigenvalue weighted by Crippen LogP contribution is 2.36. The van der Waals surface area contributed by atoms with Crippen LogP contribution in [0.1, 0.15) is 87.4 Å². The van der Waals surface area contributed by atoms with Crippen LogP contribution in [0, 0.1) is 11.6 Å². The Kier molecular flexibility index (Phi) is 19.7. The van der Waals surface area contributed by atoms with Crippen molar-refractivity contribution in [2.45, 2.75) is 85.1 Å². The van der Waals surface area contributed by atoms with E-state index in [1.807, 2.05) is 135 Å². The fraction of sp³-hybridized carbons (Fsp3) is 0.315. The van der Waals surface area contributed by atoms with Crippen LogP contribution in [0.4, 0.5) is 56.1 Å². The Morgan fingerprint density at radius 3 is 1.33 bits per heavy atom. The lowest BCUT2D eigenvalue weighted by atomic mass is 10.1. The van der Waals surface area contributed by atoms with E-state index in [-0.39, 0.29) is 36.1 Å². The molecule has 12 rings (SSSR count). The smallest absolute Gasteiger partial charge is 0.416 e. The highest BCUT2D eigenvalue weighted by molar-refractivity contribution is 6.08. The van der Waals surface area contributed by atoms with E-state index in [9.17, 15) is 31.5 Å². The number of nitrogens with one attached hydrogen (secondary N) is 2. The SMILES string of the molecule is CC(C)Oc1ccccc1N1CCN(Cc2cccc(C(=O)N3CCc4cc(NCc5c(F)cccc5F)ccc43)c2)CC1.CC(C)Oc1ccccc1N1CCN(Cc2cccc(C(=O)N3CCc4cc(NCc5ccc(C(F)(F)F)cc5)ccc43)c2)CC1. The molecular weight excluding hydrogens is 1150 g/mol. The number of amides is 2. The molecule has 0 aromatic heterocycles. The number of fused-ring (bicyclic) bond motifs is 2. The van der Waals surface area contributed by atoms with Gasteiger partial charge >= 0.3 is 6.18 Å². The van der Waals surface area contributed by atoms with Crippen LogP contribution in [0.3, 0.4) is 0 Å². The van der Waals surface area contributed by atoms with Gasteiger partial charge in [-0.1, -0.05) is 66.7 Å². The lowest BCUT2D eigenvalue weighted by molar-refractivity contribution is -0.137. The molecule has 2 N–H and O–H groups in total. The zero-order valence-corrected chi connectivity index (χ0v) is 51.4. The average molecular weight is 1230 g/mol. The molecule has 4 aliphatic heterocycles. The summed E-state index contributed by atoms with van der Waals surface area (Å²) in [7, 11) is 0. The molecule has 0 aliphatic carbocycles. The number of carbonyl (C=O) groups is 2. The Labute approximate surface area is 524 Å². The van der Waals surface area contributed by atoms with Gasteiger partial charge in [0.15, 0.2) is 0 Å². The molecule has 8 aromatic carbocycles. The molecule has 2 fully saturated rings. The van der Waals surface area contributed by atoms with Crippen LogP contribution in [0.25, 0.3) is 0 Å². The fourth-order valence-corrected chi connectivity index (χ4v) is 12.2. The summed E-state index contributed by atoms with van der Waals surface area (Å²) in [6.07, 6.45) is -2.63. The summed E-state index contributed by atoms with van der Waals surface area (Å²) in [5.41, 5.74) is 11.5. The van der Waals surface area contributed by atoms with Gasteiger partial charge in [0.05, 0.1) is 29.1 Å². The third-order valence-corrected chi connectivity index (χ3v) is 16.8. The number of ether oxygens (including phenoxy) is 2. The number of hydrogen-bond donors (Lipinski definition) is 2. The van der Waals surface area contributed by atoms with Gasteiger partial charge in [-0.15, -0.1) is 0 Å². The number of para-hydroxylation sites is 4. The molecule has 2 amide bonds. The first kappa shape index (κ1) is 62.7. The Morgan fingerprint density at radius 1 is 0.456 bits per heavy atom. The highest BCUT2D eigenvalue weighted by atomic mass is 19.4. The quantitative estimate of drug-likeness (QED) is 0.0809. The highest BCUT2D eigenvalue weighted by Gasteiger charge is 2.31. The molecule has 0 unspecified atom stereocenters. The zero-order valence-electron chi connectivity index (χ0n) is 51.4. The third-order valence-electron chi connectivity index (χ3n) is 16.8. The fourth-order valence-electron chi connectivity index (χ4n) is 12.2. The second-order valence-corrected chi connectivity index (χ2v) is 23.9. The lowest BCUT2D eigenvalue weighted by Gasteiger charge is -2.37. The molecule has 4 heterocycles. The number of halogens is 5. The summed E-state index contributed by atoms with van der Waals surface area (Å²) in [5, 5.41) is 6.41. The van der Waals surface area contributed by atoms with Gasteiger partial charge in [0.1, 0.15) is 23.1 Å². The van der Waals surface area contributed by atoms with Crippen LogP contribution in [0.15, 0.2) is 176 Å². The molecule has 2 saturated heterocycles. The predicted octanol–water partition coefficient (Wildman–Crippen LogP) is 14.5. The minimum absolute atomic E-state index is 0.00753. The standard InChI is InChI=1S/C37H39F3N4O2.C36H38F2N4O2/c1-26(2)46-35-9-4-3-8-34(35)43-20-18-42(19-21-43)25-28-6-5-7-30(22-28)36(45)44-17-16-29-23-32(14-15-33(29)44)41-24-27-10-12-31(13-11-27)37(38,39)40;1-25(2)44-35-12-4-3-11-34(35)41-19-17-40(18-20-41)24-26-7-5-8-28(21-26)36(43)42-16-15-27-22-29(13-14-33(27)42)39-23-30-31(37)9-6-10-32(30)38/h3-15,22-23,26,41H,16-21,24-25H2,1-2H3;3-14,21-22,25,39H,15-20,23-24H2,1-2H3. The molecule has 0 bridgehead atoms. The van der Waals surface area contributed by atoms with E-state index in [1.165, 1.54) is 30.3 Å². The second kappa shape index (κ2) is 28.3. The van der Waals surface area contributed by atoms with Crippen molar-refractivity contribution in [2.24, 2.45) is 0 Å². The first-order chi connectivity index (χ1) is 43.5. The van der Waals surface area contributed by atoms with Crippen molar-refractivity contribution in [2.75, 3.05) is 95.7 Å². The molecule has 468 valence electrons. The zero-order chi connectivity index (χ0) is 62.9. The monoisotopic (exact) mass is 1220 g/mol. The first-order valence-electron chi connectivity index (χ1n) is 31.1. The van der Waals surface area contributed by atoms with Gasteiger partial charge in [-0.05, 0) is 178 Å². The maximum atomic E-state index is 14.0. The largest absolute Gasteiger partial charge is 0.489 e. The van der Waals surface area contributed by atoms with Crippen LogP contribution in [0.5, 0.6) is 11.5 Å². The molecule has 0 saturated carbocycles. The number of rotatable bonds is 18. The molecule has 0 spiro atoms. The molecule has 0 radical (unpaired) electrons. The van der Waals surface area contributed by atoms with Crippen molar-refractivity contribution in [1.82, 2.24) is 9.80 Å². The second-order valence-electron chi connectivity index (χ2n) is 23.9. The van der Waals surface area contributed by atoms with Gasteiger partial charge in [0.2, 0.25) is 0 Å². The normalized spacial score (nSPS) is 15.1. The van der Waals surface area contributed by atoms with Crippen molar-refractivity contribution in [3.8, 4) is 11.5 Å². The van der Waals surface area contributed by atoms with E-state index in [4.69, 9.17) is 9.47 Å². The number of hydrogen-bond acceptors (Lipinski definition) is 10. The Bertz CT molecular complexity index is 3770. The summed E-state index contributed by atoms with van der Waals surface area (Å²) in [5.74, 6) is 0.669. The summed E-state index contributed by atoms with van der Waals surface area (Å²) in [4.78, 5) is 40.6. The Hall–Kier alpha value is -8.93. The van der Waals surface area contributed by atoms with E-state index < -0.39 is 23.4 Å². The summed E-state index contributed by atoms with van der Waals surface area (Å²) in [6.45, 7) is 18.7. The summed E-state index contributed by atoms with van der Waals surface area (Å²) < 4.78 is 78.7. The molecule has 12 nitrogen and oxygen atoms in total. The molecule has 8 aromatic rings. The van der Waals surface area contributed by atoms with Crippen molar-refractivity contribution < 1.29 is 41.0 Å². The minimum atomic E-state index is -4.34. The van der Waals surface area contributed by atoms with Crippen LogP contribution >= 0.6 is 0 Å². The molecule has 90 heavy (non-hydrogen) atoms. The molecule has 4 aliphatic rings. The van der Waals surface area contributed by atoms with Gasteiger partial charge in [-0.25, -0.2) is 8.78 Å². The van der Waals surface area contributed by atoms with E-state index in [2.05, 4.69) is 66.6 Å². The van der Waals surface area contributed by atoms with Crippen LogP contribution in [0.2, 0.25) is 0 Å². The Balaban J connectivity index is 0.000000185. The molecule has 0 atom stereocenters. The topological polar surface area (TPSA) is 96.1 Å². The maximum absolute atomic E-state index is 14.0. The minimum Gasteiger partial charge on any atom is -0.489 e. The van der Waals surface area contributed by atoms with Crippen molar-refractivity contribution in [3.05, 3.63) is 238 Å². The van der Waals surface area contributed by atoms with Crippen molar-refractivity contribution >= 4 is 45.9 Å². The van der Waals surface area contributed by atoms with Gasteiger partial charge < -0.3 is 39.7 Å². The number of piperazine rings is 2. The van der Waals surface area contributed by atoms with E-state index in [0.29, 0.717) is 30.8 Å². The maximum Gasteiger partial charge on any atom is 0.416 e. The van der Waals surface area contributed by atoms with Crippen LogP contribution in [-0.2, 0) is 45.2 Å². The third kappa shape index (κ3) is 15.4. The van der Waals surface area contributed by atoms with Gasteiger partial charge in [-0.2, -0.15) is 13.2 Å². The van der Waals surface area contributed by atoms with Gasteiger partial charge in [0, 0.05) is 131 Å². The lowest BCUT2D eigenvalue weighted by Crippen LogP contribution is -2.46. The van der Waals surface area contributed by atoms with E-state index in [1.54, 1.807) is 0 Å². The van der Waals surface area contributed by atoms with Crippen molar-refractivity contribution in [1.29, 1.82) is 0 Å².